The molecule has 132 valence electrons. The number of nitrogen functional groups attached to an aromatic ring is 1. The minimum atomic E-state index is -0.0821. The molecule has 0 atom stereocenters. The zero-order chi connectivity index (χ0) is 17.4. The van der Waals surface area contributed by atoms with Crippen LogP contribution in [-0.4, -0.2) is 48.5 Å². The van der Waals surface area contributed by atoms with E-state index < -0.39 is 0 Å². The van der Waals surface area contributed by atoms with Crippen LogP contribution in [0.15, 0.2) is 18.2 Å². The van der Waals surface area contributed by atoms with Crippen LogP contribution in [0, 0.1) is 3.95 Å². The van der Waals surface area contributed by atoms with Crippen LogP contribution < -0.4 is 15.2 Å². The fraction of sp³-hybridized carbons (Fsp3) is 0.375. The van der Waals surface area contributed by atoms with Gasteiger partial charge in [-0.15, -0.1) is 0 Å². The molecule has 9 heteroatoms. The lowest BCUT2D eigenvalue weighted by Gasteiger charge is -2.26. The number of fused-ring (bicyclic) bond motifs is 1. The van der Waals surface area contributed by atoms with Gasteiger partial charge in [-0.1, -0.05) is 17.4 Å². The van der Waals surface area contributed by atoms with Crippen molar-refractivity contribution in [1.82, 2.24) is 9.47 Å². The maximum atomic E-state index is 12.7. The van der Waals surface area contributed by atoms with E-state index in [9.17, 15) is 4.79 Å². The summed E-state index contributed by atoms with van der Waals surface area (Å²) in [5.74, 6) is 1.77. The van der Waals surface area contributed by atoms with Gasteiger partial charge < -0.3 is 29.4 Å². The van der Waals surface area contributed by atoms with Gasteiger partial charge in [-0.05, 0) is 29.9 Å². The number of amides is 1. The van der Waals surface area contributed by atoms with Crippen LogP contribution >= 0.6 is 23.6 Å². The van der Waals surface area contributed by atoms with Gasteiger partial charge in [0.15, 0.2) is 15.5 Å². The molecule has 4 rings (SSSR count). The molecule has 25 heavy (non-hydrogen) atoms. The molecule has 1 aromatic carbocycles. The van der Waals surface area contributed by atoms with Gasteiger partial charge in [0.2, 0.25) is 6.79 Å². The number of ether oxygens (including phenoxy) is 3. The van der Waals surface area contributed by atoms with Gasteiger partial charge >= 0.3 is 0 Å². The quantitative estimate of drug-likeness (QED) is 0.823. The molecular formula is C16H17N3O4S2. The van der Waals surface area contributed by atoms with Crippen LogP contribution in [0.2, 0.25) is 0 Å². The van der Waals surface area contributed by atoms with Crippen molar-refractivity contribution >= 4 is 35.3 Å². The first-order valence-corrected chi connectivity index (χ1v) is 9.10. The van der Waals surface area contributed by atoms with Crippen LogP contribution in [-0.2, 0) is 11.3 Å². The van der Waals surface area contributed by atoms with Gasteiger partial charge in [-0.25, -0.2) is 0 Å². The molecule has 3 heterocycles. The highest BCUT2D eigenvalue weighted by atomic mass is 32.1. The Balaban J connectivity index is 1.59. The zero-order valence-electron chi connectivity index (χ0n) is 13.4. The van der Waals surface area contributed by atoms with E-state index in [1.54, 1.807) is 9.47 Å². The standard InChI is InChI=1S/C16H17N3O4S2/c17-14-13(15(20)18-3-5-21-6-4-18)25-16(24)19(14)8-10-1-2-11-12(7-10)23-9-22-11/h1-2,7H,3-6,8-9,17H2. The molecule has 2 N–H and O–H groups in total. The fourth-order valence-corrected chi connectivity index (χ4v) is 4.14. The summed E-state index contributed by atoms with van der Waals surface area (Å²) >= 11 is 6.68. The monoisotopic (exact) mass is 379 g/mol. The van der Waals surface area contributed by atoms with Crippen molar-refractivity contribution in [1.29, 1.82) is 0 Å². The number of carbonyl (C=O) groups excluding carboxylic acids is 1. The molecule has 1 aromatic heterocycles. The summed E-state index contributed by atoms with van der Waals surface area (Å²) < 4.78 is 18.4. The minimum absolute atomic E-state index is 0.0821. The highest BCUT2D eigenvalue weighted by Gasteiger charge is 2.24. The second kappa shape index (κ2) is 6.66. The van der Waals surface area contributed by atoms with E-state index in [4.69, 9.17) is 32.2 Å². The molecule has 2 aliphatic rings. The SMILES string of the molecule is Nc1c(C(=O)N2CCOCC2)sc(=S)n1Cc1ccc2c(c1)OCO2. The summed E-state index contributed by atoms with van der Waals surface area (Å²) in [4.78, 5) is 14.9. The van der Waals surface area contributed by atoms with E-state index in [1.165, 1.54) is 11.3 Å². The zero-order valence-corrected chi connectivity index (χ0v) is 15.0. The van der Waals surface area contributed by atoms with E-state index in [0.29, 0.717) is 53.2 Å². The molecule has 0 radical (unpaired) electrons. The van der Waals surface area contributed by atoms with Gasteiger partial charge in [-0.2, -0.15) is 0 Å². The molecule has 1 fully saturated rings. The van der Waals surface area contributed by atoms with Crippen LogP contribution in [0.4, 0.5) is 5.82 Å². The Bertz CT molecular complexity index is 871. The molecule has 0 aliphatic carbocycles. The third-order valence-electron chi connectivity index (χ3n) is 4.20. The number of carbonyl (C=O) groups is 1. The number of hydrogen-bond donors (Lipinski definition) is 1. The molecular weight excluding hydrogens is 362 g/mol. The lowest BCUT2D eigenvalue weighted by atomic mass is 10.2. The van der Waals surface area contributed by atoms with Crippen LogP contribution in [0.5, 0.6) is 11.5 Å². The van der Waals surface area contributed by atoms with Gasteiger partial charge in [0, 0.05) is 13.1 Å². The van der Waals surface area contributed by atoms with Gasteiger partial charge in [0.25, 0.3) is 5.91 Å². The first-order valence-electron chi connectivity index (χ1n) is 7.88. The Hall–Kier alpha value is -2.10. The average molecular weight is 379 g/mol. The second-order valence-corrected chi connectivity index (χ2v) is 7.40. The number of aromatic nitrogens is 1. The van der Waals surface area contributed by atoms with Crippen molar-refractivity contribution < 1.29 is 19.0 Å². The summed E-state index contributed by atoms with van der Waals surface area (Å²) in [6.07, 6.45) is 0. The number of nitrogens with two attached hydrogens (primary N) is 1. The molecule has 2 aromatic rings. The first-order chi connectivity index (χ1) is 12.1. The van der Waals surface area contributed by atoms with E-state index in [0.717, 1.165) is 11.3 Å². The smallest absolute Gasteiger partial charge is 0.267 e. The maximum Gasteiger partial charge on any atom is 0.267 e. The molecule has 0 unspecified atom stereocenters. The Kier molecular flexibility index (Phi) is 4.36. The Morgan fingerprint density at radius 2 is 2.00 bits per heavy atom. The van der Waals surface area contributed by atoms with Gasteiger partial charge in [0.05, 0.1) is 19.8 Å². The third-order valence-corrected chi connectivity index (χ3v) is 5.66. The summed E-state index contributed by atoms with van der Waals surface area (Å²) in [5.41, 5.74) is 7.23. The molecule has 2 aliphatic heterocycles. The molecule has 0 bridgehead atoms. The maximum absolute atomic E-state index is 12.7. The molecule has 1 saturated heterocycles. The number of benzene rings is 1. The largest absolute Gasteiger partial charge is 0.454 e. The Labute approximate surface area is 153 Å². The summed E-state index contributed by atoms with van der Waals surface area (Å²) in [6.45, 7) is 2.96. The third kappa shape index (κ3) is 3.10. The number of thiazole rings is 1. The lowest BCUT2D eigenvalue weighted by molar-refractivity contribution is 0.0306. The first kappa shape index (κ1) is 16.4. The number of anilines is 1. The lowest BCUT2D eigenvalue weighted by Crippen LogP contribution is -2.40. The number of nitrogens with zero attached hydrogens (tertiary/aromatic N) is 2. The predicted octanol–water partition coefficient (Wildman–Crippen LogP) is 2.11. The Morgan fingerprint density at radius 3 is 2.80 bits per heavy atom. The topological polar surface area (TPSA) is 79.0 Å². The van der Waals surface area contributed by atoms with E-state index >= 15 is 0 Å². The molecule has 7 nitrogen and oxygen atoms in total. The summed E-state index contributed by atoms with van der Waals surface area (Å²) in [7, 11) is 0. The molecule has 0 spiro atoms. The number of hydrogen-bond acceptors (Lipinski definition) is 7. The van der Waals surface area contributed by atoms with Crippen LogP contribution in [0.3, 0.4) is 0 Å². The highest BCUT2D eigenvalue weighted by molar-refractivity contribution is 7.73. The number of rotatable bonds is 3. The minimum Gasteiger partial charge on any atom is -0.454 e. The highest BCUT2D eigenvalue weighted by Crippen LogP contribution is 2.33. The van der Waals surface area contributed by atoms with Crippen molar-refractivity contribution in [3.63, 3.8) is 0 Å². The van der Waals surface area contributed by atoms with Crippen molar-refractivity contribution in [3.05, 3.63) is 32.6 Å². The van der Waals surface area contributed by atoms with Gasteiger partial charge in [-0.3, -0.25) is 4.79 Å². The van der Waals surface area contributed by atoms with E-state index in [2.05, 4.69) is 0 Å². The van der Waals surface area contributed by atoms with Crippen molar-refractivity contribution in [2.75, 3.05) is 38.8 Å². The molecule has 1 amide bonds. The van der Waals surface area contributed by atoms with Crippen LogP contribution in [0.1, 0.15) is 15.2 Å². The summed E-state index contributed by atoms with van der Waals surface area (Å²) in [6, 6.07) is 5.71. The normalized spacial score (nSPS) is 16.2. The van der Waals surface area contributed by atoms with Crippen molar-refractivity contribution in [2.24, 2.45) is 0 Å². The van der Waals surface area contributed by atoms with Crippen molar-refractivity contribution in [2.45, 2.75) is 6.54 Å². The Morgan fingerprint density at radius 1 is 1.24 bits per heavy atom. The second-order valence-electron chi connectivity index (χ2n) is 5.76. The fourth-order valence-electron chi connectivity index (χ4n) is 2.85. The molecule has 0 saturated carbocycles. The van der Waals surface area contributed by atoms with E-state index in [1.807, 2.05) is 18.2 Å². The van der Waals surface area contributed by atoms with E-state index in [-0.39, 0.29) is 12.7 Å². The van der Waals surface area contributed by atoms with Crippen LogP contribution in [0.25, 0.3) is 0 Å². The van der Waals surface area contributed by atoms with Crippen molar-refractivity contribution in [3.8, 4) is 11.5 Å². The van der Waals surface area contributed by atoms with Gasteiger partial charge in [0.1, 0.15) is 10.7 Å². The average Bonchev–Trinajstić information content (AvgIpc) is 3.21. The number of morpholine rings is 1. The predicted molar refractivity (Wildman–Crippen MR) is 95.9 cm³/mol. The summed E-state index contributed by atoms with van der Waals surface area (Å²) in [5, 5.41) is 0.